The van der Waals surface area contributed by atoms with Crippen LogP contribution >= 0.6 is 0 Å². The van der Waals surface area contributed by atoms with Crippen LogP contribution in [0.1, 0.15) is 95.1 Å². The van der Waals surface area contributed by atoms with Crippen molar-refractivity contribution in [3.05, 3.63) is 65.7 Å². The van der Waals surface area contributed by atoms with Crippen molar-refractivity contribution in [3.8, 4) is 5.75 Å². The SMILES string of the molecule is CCCCCCCCCCCc1ccccc1OCCCCOC(=O)CC[N+](C)(C)Cc1ccccc1. The zero-order valence-electron chi connectivity index (χ0n) is 23.9. The number of aryl methyl sites for hydroxylation is 1. The topological polar surface area (TPSA) is 35.5 Å². The molecule has 0 aliphatic carbocycles. The minimum Gasteiger partial charge on any atom is -0.493 e. The first-order chi connectivity index (χ1) is 18.0. The standard InChI is InChI=1S/C33H52NO3/c1-4-5-6-7-8-9-10-11-15-22-31-23-16-17-24-32(31)36-27-18-19-28-37-33(35)25-26-34(2,3)29-30-20-13-12-14-21-30/h12-14,16-17,20-21,23-24H,4-11,15,18-19,22,25-29H2,1-3H3/q+1. The first kappa shape index (κ1) is 30.9. The fourth-order valence-corrected chi connectivity index (χ4v) is 4.67. The van der Waals surface area contributed by atoms with Crippen LogP contribution < -0.4 is 4.74 Å². The predicted molar refractivity (Wildman–Crippen MR) is 155 cm³/mol. The van der Waals surface area contributed by atoms with Gasteiger partial charge in [-0.1, -0.05) is 107 Å². The third-order valence-corrected chi connectivity index (χ3v) is 6.96. The molecule has 206 valence electrons. The number of para-hydroxylation sites is 1. The minimum atomic E-state index is -0.105. The Morgan fingerprint density at radius 3 is 2.08 bits per heavy atom. The highest BCUT2D eigenvalue weighted by Gasteiger charge is 2.18. The van der Waals surface area contributed by atoms with E-state index in [-0.39, 0.29) is 5.97 Å². The number of quaternary nitrogens is 1. The lowest BCUT2D eigenvalue weighted by Gasteiger charge is -2.29. The highest BCUT2D eigenvalue weighted by molar-refractivity contribution is 5.69. The van der Waals surface area contributed by atoms with Gasteiger partial charge in [-0.15, -0.1) is 0 Å². The molecule has 0 fully saturated rings. The summed E-state index contributed by atoms with van der Waals surface area (Å²) in [7, 11) is 4.32. The maximum absolute atomic E-state index is 12.2. The van der Waals surface area contributed by atoms with E-state index in [0.717, 1.165) is 42.6 Å². The molecule has 0 spiro atoms. The Kier molecular flexibility index (Phi) is 15.7. The number of hydrogen-bond donors (Lipinski definition) is 0. The quantitative estimate of drug-likeness (QED) is 0.0966. The predicted octanol–water partition coefficient (Wildman–Crippen LogP) is 8.13. The van der Waals surface area contributed by atoms with Crippen molar-refractivity contribution in [3.63, 3.8) is 0 Å². The number of ether oxygens (including phenoxy) is 2. The van der Waals surface area contributed by atoms with Crippen LogP contribution in [0.25, 0.3) is 0 Å². The van der Waals surface area contributed by atoms with Gasteiger partial charge in [0.2, 0.25) is 0 Å². The summed E-state index contributed by atoms with van der Waals surface area (Å²) in [6.07, 6.45) is 15.4. The highest BCUT2D eigenvalue weighted by Crippen LogP contribution is 2.21. The summed E-state index contributed by atoms with van der Waals surface area (Å²) in [4.78, 5) is 12.2. The Morgan fingerprint density at radius 2 is 1.35 bits per heavy atom. The van der Waals surface area contributed by atoms with E-state index in [1.54, 1.807) is 0 Å². The third-order valence-electron chi connectivity index (χ3n) is 6.96. The summed E-state index contributed by atoms with van der Waals surface area (Å²) in [5, 5.41) is 0. The summed E-state index contributed by atoms with van der Waals surface area (Å²) in [5.74, 6) is 0.906. The monoisotopic (exact) mass is 510 g/mol. The lowest BCUT2D eigenvalue weighted by molar-refractivity contribution is -0.903. The molecule has 0 saturated heterocycles. The molecule has 0 aliphatic heterocycles. The number of benzene rings is 2. The smallest absolute Gasteiger partial charge is 0.311 e. The van der Waals surface area contributed by atoms with Crippen LogP contribution in [0.5, 0.6) is 5.75 Å². The van der Waals surface area contributed by atoms with Crippen molar-refractivity contribution >= 4 is 5.97 Å². The van der Waals surface area contributed by atoms with Crippen LogP contribution in [0.4, 0.5) is 0 Å². The van der Waals surface area contributed by atoms with Gasteiger partial charge in [-0.2, -0.15) is 0 Å². The summed E-state index contributed by atoms with van der Waals surface area (Å²) in [6.45, 7) is 5.08. The molecule has 2 rings (SSSR count). The maximum atomic E-state index is 12.2. The molecule has 2 aromatic carbocycles. The van der Waals surface area contributed by atoms with Crippen LogP contribution in [-0.4, -0.2) is 44.3 Å². The van der Waals surface area contributed by atoms with Crippen LogP contribution in [-0.2, 0) is 22.5 Å². The average Bonchev–Trinajstić information content (AvgIpc) is 2.89. The third kappa shape index (κ3) is 14.9. The van der Waals surface area contributed by atoms with Crippen molar-refractivity contribution in [2.24, 2.45) is 0 Å². The molecule has 0 unspecified atom stereocenters. The molecular formula is C33H52NO3+. The van der Waals surface area contributed by atoms with Crippen LogP contribution in [0.15, 0.2) is 54.6 Å². The second-order valence-electron chi connectivity index (χ2n) is 11.0. The van der Waals surface area contributed by atoms with Gasteiger partial charge in [0.25, 0.3) is 0 Å². The van der Waals surface area contributed by atoms with Crippen molar-refractivity contribution in [2.75, 3.05) is 33.9 Å². The maximum Gasteiger partial charge on any atom is 0.311 e. The van der Waals surface area contributed by atoms with Crippen molar-refractivity contribution in [1.82, 2.24) is 0 Å². The summed E-state index contributed by atoms with van der Waals surface area (Å²) < 4.78 is 12.3. The molecule has 4 heteroatoms. The molecule has 0 saturated carbocycles. The van der Waals surface area contributed by atoms with Gasteiger partial charge in [0, 0.05) is 5.56 Å². The first-order valence-corrected chi connectivity index (χ1v) is 14.7. The molecule has 0 radical (unpaired) electrons. The number of esters is 1. The van der Waals surface area contributed by atoms with Gasteiger partial charge in [-0.25, -0.2) is 0 Å². The fraction of sp³-hybridized carbons (Fsp3) is 0.606. The molecule has 0 atom stereocenters. The number of unbranched alkanes of at least 4 members (excludes halogenated alkanes) is 9. The minimum absolute atomic E-state index is 0.105. The summed E-state index contributed by atoms with van der Waals surface area (Å²) >= 11 is 0. The van der Waals surface area contributed by atoms with E-state index >= 15 is 0 Å². The van der Waals surface area contributed by atoms with E-state index in [0.29, 0.717) is 19.6 Å². The number of hydrogen-bond acceptors (Lipinski definition) is 3. The van der Waals surface area contributed by atoms with E-state index in [2.05, 4.69) is 69.6 Å². The lowest BCUT2D eigenvalue weighted by atomic mass is 10.0. The molecule has 0 heterocycles. The van der Waals surface area contributed by atoms with Crippen molar-refractivity contribution in [2.45, 2.75) is 96.9 Å². The Bertz CT molecular complexity index is 850. The van der Waals surface area contributed by atoms with Crippen LogP contribution in [0.3, 0.4) is 0 Å². The Hall–Kier alpha value is -2.33. The molecule has 0 bridgehead atoms. The van der Waals surface area contributed by atoms with Crippen LogP contribution in [0.2, 0.25) is 0 Å². The molecule has 0 aliphatic rings. The number of carbonyl (C=O) groups is 1. The van der Waals surface area contributed by atoms with E-state index in [9.17, 15) is 4.79 Å². The largest absolute Gasteiger partial charge is 0.493 e. The molecular weight excluding hydrogens is 458 g/mol. The average molecular weight is 511 g/mol. The van der Waals surface area contributed by atoms with Gasteiger partial charge in [0.05, 0.1) is 40.3 Å². The molecule has 0 aromatic heterocycles. The Labute approximate surface area is 227 Å². The van der Waals surface area contributed by atoms with Crippen LogP contribution in [0, 0.1) is 0 Å². The van der Waals surface area contributed by atoms with Gasteiger partial charge in [-0.05, 0) is 37.3 Å². The van der Waals surface area contributed by atoms with E-state index < -0.39 is 0 Å². The zero-order chi connectivity index (χ0) is 26.6. The zero-order valence-corrected chi connectivity index (χ0v) is 23.9. The summed E-state index contributed by atoms with van der Waals surface area (Å²) in [5.41, 5.74) is 2.60. The second-order valence-corrected chi connectivity index (χ2v) is 11.0. The Morgan fingerprint density at radius 1 is 0.730 bits per heavy atom. The van der Waals surface area contributed by atoms with Crippen molar-refractivity contribution < 1.29 is 18.8 Å². The number of rotatable bonds is 21. The molecule has 0 amide bonds. The van der Waals surface area contributed by atoms with Gasteiger partial charge in [-0.3, -0.25) is 4.79 Å². The van der Waals surface area contributed by atoms with Gasteiger partial charge in [0.15, 0.2) is 0 Å². The van der Waals surface area contributed by atoms with E-state index in [1.807, 2.05) is 6.07 Å². The van der Waals surface area contributed by atoms with Crippen molar-refractivity contribution in [1.29, 1.82) is 0 Å². The highest BCUT2D eigenvalue weighted by atomic mass is 16.5. The van der Waals surface area contributed by atoms with E-state index in [4.69, 9.17) is 9.47 Å². The van der Waals surface area contributed by atoms with Gasteiger partial charge >= 0.3 is 5.97 Å². The van der Waals surface area contributed by atoms with Gasteiger partial charge in [0.1, 0.15) is 12.3 Å². The summed E-state index contributed by atoms with van der Waals surface area (Å²) in [6, 6.07) is 18.9. The molecule has 4 nitrogen and oxygen atoms in total. The Balaban J connectivity index is 1.53. The first-order valence-electron chi connectivity index (χ1n) is 14.7. The molecule has 2 aromatic rings. The normalized spacial score (nSPS) is 11.4. The second kappa shape index (κ2) is 18.8. The number of carbonyl (C=O) groups excluding carboxylic acids is 1. The lowest BCUT2D eigenvalue weighted by Crippen LogP contribution is -2.40. The van der Waals surface area contributed by atoms with E-state index in [1.165, 1.54) is 68.9 Å². The van der Waals surface area contributed by atoms with Gasteiger partial charge < -0.3 is 14.0 Å². The molecule has 0 N–H and O–H groups in total. The fourth-order valence-electron chi connectivity index (χ4n) is 4.67. The number of nitrogens with zero attached hydrogens (tertiary/aromatic N) is 1. The molecule has 37 heavy (non-hydrogen) atoms.